The van der Waals surface area contributed by atoms with Crippen molar-refractivity contribution in [2.45, 2.75) is 13.0 Å². The van der Waals surface area contributed by atoms with Gasteiger partial charge in [-0.25, -0.2) is 0 Å². The molecule has 0 aliphatic carbocycles. The van der Waals surface area contributed by atoms with Crippen molar-refractivity contribution in [2.24, 2.45) is 0 Å². The van der Waals surface area contributed by atoms with Crippen molar-refractivity contribution < 1.29 is 9.59 Å². The number of amides is 1. The minimum absolute atomic E-state index is 0. The largest absolute Gasteiger partial charge is 0.325 e. The summed E-state index contributed by atoms with van der Waals surface area (Å²) in [7, 11) is 0. The van der Waals surface area contributed by atoms with E-state index >= 15 is 0 Å². The summed E-state index contributed by atoms with van der Waals surface area (Å²) in [6.07, 6.45) is 0. The molecule has 1 aromatic rings. The maximum absolute atomic E-state index is 11.8. The van der Waals surface area contributed by atoms with E-state index < -0.39 is 0 Å². The molecule has 1 unspecified atom stereocenters. The highest BCUT2D eigenvalue weighted by Crippen LogP contribution is 2.14. The van der Waals surface area contributed by atoms with E-state index in [1.165, 1.54) is 6.92 Å². The lowest BCUT2D eigenvalue weighted by Crippen LogP contribution is -2.37. The molecule has 1 amide bonds. The first-order valence-electron chi connectivity index (χ1n) is 5.40. The number of carbonyl (C=O) groups is 2. The van der Waals surface area contributed by atoms with Crippen molar-refractivity contribution in [1.29, 1.82) is 0 Å². The third-order valence-corrected chi connectivity index (χ3v) is 3.51. The fourth-order valence-corrected chi connectivity index (χ4v) is 2.55. The van der Waals surface area contributed by atoms with E-state index in [1.807, 2.05) is 0 Å². The van der Waals surface area contributed by atoms with E-state index in [0.717, 1.165) is 11.6 Å². The lowest BCUT2D eigenvalue weighted by molar-refractivity contribution is -0.117. The number of anilines is 1. The zero-order chi connectivity index (χ0) is 12.3. The number of thioether (sulfide) groups is 1. The van der Waals surface area contributed by atoms with Gasteiger partial charge < -0.3 is 5.32 Å². The Balaban J connectivity index is 0.00000162. The van der Waals surface area contributed by atoms with Gasteiger partial charge in [0.05, 0.1) is 6.04 Å². The number of benzene rings is 1. The van der Waals surface area contributed by atoms with Crippen molar-refractivity contribution in [1.82, 2.24) is 5.32 Å². The number of rotatable bonds is 3. The Hall–Kier alpha value is -1.04. The average molecular weight is 287 g/mol. The van der Waals surface area contributed by atoms with Crippen LogP contribution >= 0.6 is 24.2 Å². The van der Waals surface area contributed by atoms with Gasteiger partial charge in [0.15, 0.2) is 5.78 Å². The molecule has 1 aliphatic rings. The second-order valence-electron chi connectivity index (χ2n) is 3.90. The molecule has 1 aromatic carbocycles. The van der Waals surface area contributed by atoms with Crippen molar-refractivity contribution in [3.05, 3.63) is 29.8 Å². The number of hydrogen-bond acceptors (Lipinski definition) is 4. The summed E-state index contributed by atoms with van der Waals surface area (Å²) < 4.78 is 0. The second kappa shape index (κ2) is 6.78. The van der Waals surface area contributed by atoms with Crippen LogP contribution in [0.25, 0.3) is 0 Å². The lowest BCUT2D eigenvalue weighted by atomic mass is 10.1. The van der Waals surface area contributed by atoms with Gasteiger partial charge >= 0.3 is 0 Å². The quantitative estimate of drug-likeness (QED) is 0.834. The molecule has 0 bridgehead atoms. The Labute approximate surface area is 116 Å². The fraction of sp³-hybridized carbons (Fsp3) is 0.333. The summed E-state index contributed by atoms with van der Waals surface area (Å²) in [6, 6.07) is 6.85. The molecule has 0 radical (unpaired) electrons. The number of nitrogens with one attached hydrogen (secondary N) is 2. The molecule has 18 heavy (non-hydrogen) atoms. The number of Topliss-reactive ketones (excluding diaryl/α,β-unsaturated/α-hetero) is 1. The number of ketones is 1. The molecule has 1 heterocycles. The van der Waals surface area contributed by atoms with E-state index in [4.69, 9.17) is 0 Å². The molecule has 0 aromatic heterocycles. The summed E-state index contributed by atoms with van der Waals surface area (Å²) in [5.74, 6) is 1.55. The Morgan fingerprint density at radius 3 is 2.83 bits per heavy atom. The molecule has 6 heteroatoms. The van der Waals surface area contributed by atoms with Gasteiger partial charge in [-0.2, -0.15) is 0 Å². The van der Waals surface area contributed by atoms with E-state index in [0.29, 0.717) is 11.3 Å². The zero-order valence-electron chi connectivity index (χ0n) is 9.93. The van der Waals surface area contributed by atoms with Gasteiger partial charge in [0.1, 0.15) is 0 Å². The highest BCUT2D eigenvalue weighted by Gasteiger charge is 2.22. The van der Waals surface area contributed by atoms with Gasteiger partial charge in [0.25, 0.3) is 0 Å². The first kappa shape index (κ1) is 15.0. The predicted octanol–water partition coefficient (Wildman–Crippen LogP) is 1.91. The van der Waals surface area contributed by atoms with Crippen LogP contribution in [-0.4, -0.2) is 29.4 Å². The maximum Gasteiger partial charge on any atom is 0.242 e. The minimum atomic E-state index is -0.138. The molecule has 1 atom stereocenters. The summed E-state index contributed by atoms with van der Waals surface area (Å²) in [4.78, 5) is 23.0. The normalized spacial score (nSPS) is 17.9. The Morgan fingerprint density at radius 2 is 2.22 bits per heavy atom. The first-order chi connectivity index (χ1) is 8.16. The van der Waals surface area contributed by atoms with Gasteiger partial charge in [-0.1, -0.05) is 12.1 Å². The Morgan fingerprint density at radius 1 is 1.44 bits per heavy atom. The monoisotopic (exact) mass is 286 g/mol. The molecule has 1 aliphatic heterocycles. The van der Waals surface area contributed by atoms with Crippen LogP contribution in [0.3, 0.4) is 0 Å². The van der Waals surface area contributed by atoms with Crippen LogP contribution in [0.4, 0.5) is 5.69 Å². The molecule has 1 fully saturated rings. The molecule has 98 valence electrons. The maximum atomic E-state index is 11.8. The molecule has 2 N–H and O–H groups in total. The van der Waals surface area contributed by atoms with Crippen LogP contribution in [0.15, 0.2) is 24.3 Å². The second-order valence-corrected chi connectivity index (χ2v) is 4.93. The van der Waals surface area contributed by atoms with E-state index in [9.17, 15) is 9.59 Å². The van der Waals surface area contributed by atoms with Crippen LogP contribution in [0.2, 0.25) is 0 Å². The van der Waals surface area contributed by atoms with Gasteiger partial charge in [-0.3, -0.25) is 14.9 Å². The van der Waals surface area contributed by atoms with Crippen molar-refractivity contribution in [3.8, 4) is 0 Å². The fourth-order valence-electron chi connectivity index (χ4n) is 1.61. The van der Waals surface area contributed by atoms with Crippen LogP contribution in [0.1, 0.15) is 17.3 Å². The summed E-state index contributed by atoms with van der Waals surface area (Å²) in [5, 5.41) is 5.91. The van der Waals surface area contributed by atoms with Gasteiger partial charge in [-0.15, -0.1) is 24.2 Å². The SMILES string of the molecule is CC(=O)c1cccc(NC(=O)C2CSCN2)c1.Cl. The molecule has 4 nitrogen and oxygen atoms in total. The van der Waals surface area contributed by atoms with Gasteiger partial charge in [0, 0.05) is 22.9 Å². The summed E-state index contributed by atoms with van der Waals surface area (Å²) in [6.45, 7) is 1.51. The molecular formula is C12H15ClN2O2S. The standard InChI is InChI=1S/C12H14N2O2S.ClH/c1-8(15)9-3-2-4-10(5-9)14-12(16)11-6-17-7-13-11;/h2-5,11,13H,6-7H2,1H3,(H,14,16);1H. The first-order valence-corrected chi connectivity index (χ1v) is 6.55. The van der Waals surface area contributed by atoms with E-state index in [-0.39, 0.29) is 30.1 Å². The summed E-state index contributed by atoms with van der Waals surface area (Å²) in [5.41, 5.74) is 1.28. The zero-order valence-corrected chi connectivity index (χ0v) is 11.6. The highest BCUT2D eigenvalue weighted by atomic mass is 35.5. The molecule has 1 saturated heterocycles. The average Bonchev–Trinajstić information content (AvgIpc) is 2.82. The molecule has 2 rings (SSSR count). The molecular weight excluding hydrogens is 272 g/mol. The van der Waals surface area contributed by atoms with Crippen LogP contribution in [0, 0.1) is 0 Å². The van der Waals surface area contributed by atoms with Crippen LogP contribution in [0.5, 0.6) is 0 Å². The highest BCUT2D eigenvalue weighted by molar-refractivity contribution is 7.99. The predicted molar refractivity (Wildman–Crippen MR) is 76.6 cm³/mol. The third-order valence-electron chi connectivity index (χ3n) is 2.57. The smallest absolute Gasteiger partial charge is 0.242 e. The topological polar surface area (TPSA) is 58.2 Å². The van der Waals surface area contributed by atoms with Gasteiger partial charge in [0.2, 0.25) is 5.91 Å². The Bertz CT molecular complexity index is 447. The van der Waals surface area contributed by atoms with Gasteiger partial charge in [-0.05, 0) is 19.1 Å². The number of carbonyl (C=O) groups excluding carboxylic acids is 2. The third kappa shape index (κ3) is 3.73. The summed E-state index contributed by atoms with van der Waals surface area (Å²) >= 11 is 1.70. The lowest BCUT2D eigenvalue weighted by Gasteiger charge is -2.10. The molecule has 0 saturated carbocycles. The molecule has 0 spiro atoms. The van der Waals surface area contributed by atoms with Crippen molar-refractivity contribution in [2.75, 3.05) is 16.9 Å². The van der Waals surface area contributed by atoms with E-state index in [2.05, 4.69) is 10.6 Å². The van der Waals surface area contributed by atoms with Crippen molar-refractivity contribution >= 4 is 41.5 Å². The Kier molecular flexibility index (Phi) is 5.65. The van der Waals surface area contributed by atoms with Crippen LogP contribution < -0.4 is 10.6 Å². The number of hydrogen-bond donors (Lipinski definition) is 2. The van der Waals surface area contributed by atoms with Crippen LogP contribution in [-0.2, 0) is 4.79 Å². The minimum Gasteiger partial charge on any atom is -0.325 e. The number of halogens is 1. The van der Waals surface area contributed by atoms with E-state index in [1.54, 1.807) is 36.0 Å². The van der Waals surface area contributed by atoms with Crippen molar-refractivity contribution in [3.63, 3.8) is 0 Å².